The van der Waals surface area contributed by atoms with Crippen molar-refractivity contribution in [2.45, 2.75) is 39.3 Å². The third kappa shape index (κ3) is 3.40. The molecule has 20 heavy (non-hydrogen) atoms. The molecule has 0 aromatic heterocycles. The van der Waals surface area contributed by atoms with Crippen LogP contribution in [0.25, 0.3) is 0 Å². The van der Waals surface area contributed by atoms with Crippen LogP contribution in [0.4, 0.5) is 0 Å². The summed E-state index contributed by atoms with van der Waals surface area (Å²) in [4.78, 5) is 0. The van der Waals surface area contributed by atoms with E-state index in [4.69, 9.17) is 4.74 Å². The van der Waals surface area contributed by atoms with Crippen molar-refractivity contribution in [1.82, 2.24) is 5.32 Å². The molecule has 1 fully saturated rings. The number of rotatable bonds is 5. The molecule has 104 valence electrons. The van der Waals surface area contributed by atoms with Gasteiger partial charge < -0.3 is 10.1 Å². The summed E-state index contributed by atoms with van der Waals surface area (Å²) in [6.07, 6.45) is 2.64. The number of hydrogen-bond acceptors (Lipinski definition) is 2. The van der Waals surface area contributed by atoms with Crippen LogP contribution in [0, 0.1) is 13.8 Å². The lowest BCUT2D eigenvalue weighted by atomic mass is 10.1. The fraction of sp³-hybridized carbons (Fsp3) is 0.333. The molecular weight excluding hydrogens is 246 g/mol. The topological polar surface area (TPSA) is 21.3 Å². The number of ether oxygens (including phenoxy) is 1. The fourth-order valence-corrected chi connectivity index (χ4v) is 2.31. The van der Waals surface area contributed by atoms with Crippen molar-refractivity contribution < 1.29 is 4.74 Å². The van der Waals surface area contributed by atoms with E-state index in [0.29, 0.717) is 0 Å². The van der Waals surface area contributed by atoms with Crippen LogP contribution in [0.2, 0.25) is 0 Å². The predicted molar refractivity (Wildman–Crippen MR) is 82.3 cm³/mol. The molecule has 0 spiro atoms. The first kappa shape index (κ1) is 13.2. The van der Waals surface area contributed by atoms with Crippen LogP contribution < -0.4 is 10.1 Å². The lowest BCUT2D eigenvalue weighted by Crippen LogP contribution is -2.15. The Hall–Kier alpha value is -1.80. The van der Waals surface area contributed by atoms with E-state index in [-0.39, 0.29) is 0 Å². The van der Waals surface area contributed by atoms with Gasteiger partial charge in [-0.05, 0) is 56.0 Å². The summed E-state index contributed by atoms with van der Waals surface area (Å²) in [7, 11) is 0. The van der Waals surface area contributed by atoms with Gasteiger partial charge in [0.25, 0.3) is 0 Å². The second kappa shape index (κ2) is 5.68. The van der Waals surface area contributed by atoms with E-state index in [1.54, 1.807) is 0 Å². The van der Waals surface area contributed by atoms with Crippen molar-refractivity contribution in [1.29, 1.82) is 0 Å². The Morgan fingerprint density at radius 1 is 1.10 bits per heavy atom. The predicted octanol–water partition coefficient (Wildman–Crippen LogP) is 4.35. The van der Waals surface area contributed by atoms with Crippen LogP contribution in [-0.2, 0) is 6.54 Å². The molecule has 0 radical (unpaired) electrons. The van der Waals surface area contributed by atoms with E-state index in [1.807, 2.05) is 12.1 Å². The van der Waals surface area contributed by atoms with Gasteiger partial charge in [-0.25, -0.2) is 0 Å². The normalized spacial score (nSPS) is 14.3. The molecule has 0 heterocycles. The van der Waals surface area contributed by atoms with Gasteiger partial charge >= 0.3 is 0 Å². The van der Waals surface area contributed by atoms with Crippen LogP contribution in [0.15, 0.2) is 42.5 Å². The van der Waals surface area contributed by atoms with Gasteiger partial charge in [0.05, 0.1) is 0 Å². The summed E-state index contributed by atoms with van der Waals surface area (Å²) in [6, 6.07) is 15.3. The number of aryl methyl sites for hydroxylation is 2. The van der Waals surface area contributed by atoms with E-state index in [2.05, 4.69) is 49.5 Å². The van der Waals surface area contributed by atoms with Crippen molar-refractivity contribution in [3.63, 3.8) is 0 Å². The highest BCUT2D eigenvalue weighted by Gasteiger charge is 2.19. The van der Waals surface area contributed by atoms with Gasteiger partial charge in [-0.2, -0.15) is 0 Å². The standard InChI is InChI=1S/C18H21NO/c1-13-6-9-18(14(2)10-13)20-17-5-3-4-15(11-17)12-19-16-7-8-16/h3-6,9-11,16,19H,7-8,12H2,1-2H3. The first-order valence-electron chi connectivity index (χ1n) is 7.28. The third-order valence-corrected chi connectivity index (χ3v) is 3.63. The lowest BCUT2D eigenvalue weighted by molar-refractivity contribution is 0.477. The molecule has 0 saturated heterocycles. The van der Waals surface area contributed by atoms with Crippen molar-refractivity contribution in [3.05, 3.63) is 59.2 Å². The Balaban J connectivity index is 1.70. The largest absolute Gasteiger partial charge is 0.457 e. The second-order valence-electron chi connectivity index (χ2n) is 5.67. The molecule has 1 saturated carbocycles. The SMILES string of the molecule is Cc1ccc(Oc2cccc(CNC3CC3)c2)c(C)c1. The minimum Gasteiger partial charge on any atom is -0.457 e. The Labute approximate surface area is 120 Å². The maximum atomic E-state index is 6.00. The highest BCUT2D eigenvalue weighted by molar-refractivity contribution is 5.40. The van der Waals surface area contributed by atoms with Crippen LogP contribution in [-0.4, -0.2) is 6.04 Å². The summed E-state index contributed by atoms with van der Waals surface area (Å²) in [5.74, 6) is 1.84. The van der Waals surface area contributed by atoms with Crippen LogP contribution in [0.5, 0.6) is 11.5 Å². The van der Waals surface area contributed by atoms with Gasteiger partial charge in [0.2, 0.25) is 0 Å². The zero-order valence-electron chi connectivity index (χ0n) is 12.1. The maximum absolute atomic E-state index is 6.00. The molecule has 1 aliphatic carbocycles. The van der Waals surface area contributed by atoms with Crippen molar-refractivity contribution in [3.8, 4) is 11.5 Å². The van der Waals surface area contributed by atoms with E-state index < -0.39 is 0 Å². The monoisotopic (exact) mass is 267 g/mol. The highest BCUT2D eigenvalue weighted by atomic mass is 16.5. The van der Waals surface area contributed by atoms with E-state index >= 15 is 0 Å². The van der Waals surface area contributed by atoms with Gasteiger partial charge in [-0.15, -0.1) is 0 Å². The van der Waals surface area contributed by atoms with Gasteiger partial charge in [-0.3, -0.25) is 0 Å². The summed E-state index contributed by atoms with van der Waals surface area (Å²) < 4.78 is 6.00. The quantitative estimate of drug-likeness (QED) is 0.869. The van der Waals surface area contributed by atoms with Crippen LogP contribution >= 0.6 is 0 Å². The molecule has 1 aliphatic rings. The van der Waals surface area contributed by atoms with E-state index in [0.717, 1.165) is 24.1 Å². The van der Waals surface area contributed by atoms with Gasteiger partial charge in [0.15, 0.2) is 0 Å². The van der Waals surface area contributed by atoms with Crippen molar-refractivity contribution in [2.24, 2.45) is 0 Å². The second-order valence-corrected chi connectivity index (χ2v) is 5.67. The number of benzene rings is 2. The molecular formula is C18H21NO. The number of hydrogen-bond donors (Lipinski definition) is 1. The summed E-state index contributed by atoms with van der Waals surface area (Å²) in [5, 5.41) is 3.53. The average Bonchev–Trinajstić information content (AvgIpc) is 3.24. The Morgan fingerprint density at radius 3 is 2.70 bits per heavy atom. The molecule has 0 bridgehead atoms. The van der Waals surface area contributed by atoms with Crippen molar-refractivity contribution in [2.75, 3.05) is 0 Å². The zero-order chi connectivity index (χ0) is 13.9. The van der Waals surface area contributed by atoms with Crippen LogP contribution in [0.1, 0.15) is 29.5 Å². The first-order chi connectivity index (χ1) is 9.70. The van der Waals surface area contributed by atoms with E-state index in [9.17, 15) is 0 Å². The highest BCUT2D eigenvalue weighted by Crippen LogP contribution is 2.26. The summed E-state index contributed by atoms with van der Waals surface area (Å²) >= 11 is 0. The van der Waals surface area contributed by atoms with Crippen LogP contribution in [0.3, 0.4) is 0 Å². The Bertz CT molecular complexity index is 602. The average molecular weight is 267 g/mol. The maximum Gasteiger partial charge on any atom is 0.130 e. The van der Waals surface area contributed by atoms with Gasteiger partial charge in [-0.1, -0.05) is 29.8 Å². The lowest BCUT2D eigenvalue weighted by Gasteiger charge is -2.11. The first-order valence-corrected chi connectivity index (χ1v) is 7.28. The van der Waals surface area contributed by atoms with Gasteiger partial charge in [0.1, 0.15) is 11.5 Å². The molecule has 3 rings (SSSR count). The summed E-state index contributed by atoms with van der Waals surface area (Å²) in [6.45, 7) is 5.11. The molecule has 2 nitrogen and oxygen atoms in total. The zero-order valence-corrected chi connectivity index (χ0v) is 12.1. The Morgan fingerprint density at radius 2 is 1.95 bits per heavy atom. The molecule has 2 aromatic rings. The minimum absolute atomic E-state index is 0.735. The molecule has 2 heteroatoms. The third-order valence-electron chi connectivity index (χ3n) is 3.63. The number of nitrogens with one attached hydrogen (secondary N) is 1. The molecule has 0 atom stereocenters. The smallest absolute Gasteiger partial charge is 0.130 e. The van der Waals surface area contributed by atoms with Crippen molar-refractivity contribution >= 4 is 0 Å². The Kier molecular flexibility index (Phi) is 3.75. The molecule has 2 aromatic carbocycles. The molecule has 0 aliphatic heterocycles. The van der Waals surface area contributed by atoms with Gasteiger partial charge in [0, 0.05) is 12.6 Å². The fourth-order valence-electron chi connectivity index (χ4n) is 2.31. The minimum atomic E-state index is 0.735. The molecule has 0 unspecified atom stereocenters. The molecule has 0 amide bonds. The summed E-state index contributed by atoms with van der Waals surface area (Å²) in [5.41, 5.74) is 3.71. The van der Waals surface area contributed by atoms with E-state index in [1.165, 1.54) is 29.5 Å². The molecule has 1 N–H and O–H groups in total.